The molecule has 0 amide bonds. The van der Waals surface area contributed by atoms with Gasteiger partial charge in [0, 0.05) is 12.2 Å². The molecule has 0 saturated carbocycles. The van der Waals surface area contributed by atoms with Crippen LogP contribution in [0, 0.1) is 6.92 Å². The van der Waals surface area contributed by atoms with E-state index in [0.717, 1.165) is 35.9 Å². The molecule has 0 fully saturated rings. The highest BCUT2D eigenvalue weighted by molar-refractivity contribution is 6.32. The lowest BCUT2D eigenvalue weighted by molar-refractivity contribution is 0.629. The number of aromatic nitrogens is 2. The molecule has 0 aliphatic carbocycles. The molecule has 88 valence electrons. The average molecular weight is 248 g/mol. The number of hydrogen-bond donors (Lipinski definition) is 1. The molecular weight excluding hydrogens is 234 g/mol. The predicted molar refractivity (Wildman–Crippen MR) is 68.7 cm³/mol. The third-order valence-corrected chi connectivity index (χ3v) is 3.57. The minimum Gasteiger partial charge on any atom is -0.311 e. The lowest BCUT2D eigenvalue weighted by Gasteiger charge is -2.11. The zero-order valence-electron chi connectivity index (χ0n) is 9.70. The number of nitrogens with zero attached hydrogens (tertiary/aromatic N) is 2. The SMILES string of the molecule is Cc1c2c(nn1-c1ccccc1Cl)CNCC2. The first kappa shape index (κ1) is 10.8. The molecule has 1 aromatic carbocycles. The highest BCUT2D eigenvalue weighted by Crippen LogP contribution is 2.25. The van der Waals surface area contributed by atoms with Crippen LogP contribution in [0.3, 0.4) is 0 Å². The van der Waals surface area contributed by atoms with Crippen molar-refractivity contribution in [2.24, 2.45) is 0 Å². The highest BCUT2D eigenvalue weighted by atomic mass is 35.5. The maximum Gasteiger partial charge on any atom is 0.0835 e. The van der Waals surface area contributed by atoms with Crippen molar-refractivity contribution in [3.8, 4) is 5.69 Å². The van der Waals surface area contributed by atoms with Gasteiger partial charge in [0.25, 0.3) is 0 Å². The highest BCUT2D eigenvalue weighted by Gasteiger charge is 2.18. The molecule has 0 bridgehead atoms. The Kier molecular flexibility index (Phi) is 2.65. The van der Waals surface area contributed by atoms with Crippen LogP contribution in [0.15, 0.2) is 24.3 Å². The number of fused-ring (bicyclic) bond motifs is 1. The Morgan fingerprint density at radius 2 is 2.18 bits per heavy atom. The summed E-state index contributed by atoms with van der Waals surface area (Å²) in [6, 6.07) is 7.82. The van der Waals surface area contributed by atoms with E-state index >= 15 is 0 Å². The summed E-state index contributed by atoms with van der Waals surface area (Å²) in [6.45, 7) is 4.00. The molecule has 2 heterocycles. The van der Waals surface area contributed by atoms with Gasteiger partial charge in [0.1, 0.15) is 0 Å². The molecule has 1 aliphatic heterocycles. The maximum absolute atomic E-state index is 6.22. The van der Waals surface area contributed by atoms with Gasteiger partial charge in [0.05, 0.1) is 16.4 Å². The van der Waals surface area contributed by atoms with E-state index in [4.69, 9.17) is 11.6 Å². The predicted octanol–water partition coefficient (Wildman–Crippen LogP) is 2.48. The normalized spacial score (nSPS) is 14.7. The van der Waals surface area contributed by atoms with Crippen LogP contribution < -0.4 is 5.32 Å². The van der Waals surface area contributed by atoms with Crippen LogP contribution in [-0.2, 0) is 13.0 Å². The first-order valence-corrected chi connectivity index (χ1v) is 6.18. The lowest BCUT2D eigenvalue weighted by atomic mass is 10.1. The van der Waals surface area contributed by atoms with Gasteiger partial charge in [0.2, 0.25) is 0 Å². The van der Waals surface area contributed by atoms with E-state index in [1.165, 1.54) is 11.3 Å². The Bertz CT molecular complexity index is 560. The second-order valence-electron chi connectivity index (χ2n) is 4.30. The van der Waals surface area contributed by atoms with Crippen molar-refractivity contribution in [1.29, 1.82) is 0 Å². The van der Waals surface area contributed by atoms with Gasteiger partial charge in [0.15, 0.2) is 0 Å². The Labute approximate surface area is 105 Å². The van der Waals surface area contributed by atoms with Crippen LogP contribution in [0.25, 0.3) is 5.69 Å². The van der Waals surface area contributed by atoms with Crippen molar-refractivity contribution >= 4 is 11.6 Å². The van der Waals surface area contributed by atoms with E-state index in [1.54, 1.807) is 0 Å². The Morgan fingerprint density at radius 3 is 2.94 bits per heavy atom. The van der Waals surface area contributed by atoms with Gasteiger partial charge < -0.3 is 5.32 Å². The smallest absolute Gasteiger partial charge is 0.0835 e. The standard InChI is InChI=1S/C13H14ClN3/c1-9-10-6-7-15-8-12(10)16-17(9)13-5-3-2-4-11(13)14/h2-5,15H,6-8H2,1H3. The largest absolute Gasteiger partial charge is 0.311 e. The van der Waals surface area contributed by atoms with Gasteiger partial charge in [-0.1, -0.05) is 23.7 Å². The summed E-state index contributed by atoms with van der Waals surface area (Å²) in [5, 5.41) is 8.73. The van der Waals surface area contributed by atoms with Crippen LogP contribution in [-0.4, -0.2) is 16.3 Å². The summed E-state index contributed by atoms with van der Waals surface area (Å²) in [4.78, 5) is 0. The second-order valence-corrected chi connectivity index (χ2v) is 4.71. The van der Waals surface area contributed by atoms with Crippen molar-refractivity contribution in [1.82, 2.24) is 15.1 Å². The fourth-order valence-corrected chi connectivity index (χ4v) is 2.55. The van der Waals surface area contributed by atoms with Crippen LogP contribution in [0.2, 0.25) is 5.02 Å². The average Bonchev–Trinajstić information content (AvgIpc) is 2.68. The van der Waals surface area contributed by atoms with Gasteiger partial charge >= 0.3 is 0 Å². The number of para-hydroxylation sites is 1. The summed E-state index contributed by atoms with van der Waals surface area (Å²) in [6.07, 6.45) is 1.05. The molecule has 3 nitrogen and oxygen atoms in total. The summed E-state index contributed by atoms with van der Waals surface area (Å²) < 4.78 is 1.96. The topological polar surface area (TPSA) is 29.9 Å². The van der Waals surface area contributed by atoms with E-state index in [-0.39, 0.29) is 0 Å². The van der Waals surface area contributed by atoms with Gasteiger partial charge in [-0.2, -0.15) is 5.10 Å². The van der Waals surface area contributed by atoms with Gasteiger partial charge in [-0.3, -0.25) is 0 Å². The number of nitrogens with one attached hydrogen (secondary N) is 1. The summed E-state index contributed by atoms with van der Waals surface area (Å²) in [5.74, 6) is 0. The van der Waals surface area contributed by atoms with Gasteiger partial charge in [-0.25, -0.2) is 4.68 Å². The van der Waals surface area contributed by atoms with Crippen LogP contribution >= 0.6 is 11.6 Å². The molecule has 1 N–H and O–H groups in total. The molecule has 0 spiro atoms. The first-order valence-electron chi connectivity index (χ1n) is 5.80. The second kappa shape index (κ2) is 4.17. The molecule has 0 saturated heterocycles. The summed E-state index contributed by atoms with van der Waals surface area (Å²) in [7, 11) is 0. The first-order chi connectivity index (χ1) is 8.27. The molecule has 2 aromatic rings. The van der Waals surface area contributed by atoms with E-state index in [9.17, 15) is 0 Å². The molecule has 0 atom stereocenters. The molecule has 1 aromatic heterocycles. The van der Waals surface area contributed by atoms with E-state index in [2.05, 4.69) is 17.3 Å². The molecule has 1 aliphatic rings. The zero-order chi connectivity index (χ0) is 11.8. The Hall–Kier alpha value is -1.32. The molecule has 4 heteroatoms. The summed E-state index contributed by atoms with van der Waals surface area (Å²) in [5.41, 5.74) is 4.67. The minimum absolute atomic E-state index is 0.739. The molecule has 3 rings (SSSR count). The molecule has 17 heavy (non-hydrogen) atoms. The Balaban J connectivity index is 2.16. The molecule has 0 unspecified atom stereocenters. The van der Waals surface area contributed by atoms with E-state index in [1.807, 2.05) is 28.9 Å². The number of benzene rings is 1. The number of rotatable bonds is 1. The minimum atomic E-state index is 0.739. The van der Waals surface area contributed by atoms with Crippen LogP contribution in [0.1, 0.15) is 17.0 Å². The quantitative estimate of drug-likeness (QED) is 0.839. The zero-order valence-corrected chi connectivity index (χ0v) is 10.5. The summed E-state index contributed by atoms with van der Waals surface area (Å²) >= 11 is 6.22. The van der Waals surface area contributed by atoms with Crippen molar-refractivity contribution in [2.75, 3.05) is 6.54 Å². The van der Waals surface area contributed by atoms with Crippen LogP contribution in [0.4, 0.5) is 0 Å². The van der Waals surface area contributed by atoms with Crippen molar-refractivity contribution in [3.63, 3.8) is 0 Å². The van der Waals surface area contributed by atoms with E-state index in [0.29, 0.717) is 0 Å². The van der Waals surface area contributed by atoms with E-state index < -0.39 is 0 Å². The molecule has 0 radical (unpaired) electrons. The fourth-order valence-electron chi connectivity index (χ4n) is 2.34. The fraction of sp³-hybridized carbons (Fsp3) is 0.308. The third kappa shape index (κ3) is 1.75. The van der Waals surface area contributed by atoms with Gasteiger partial charge in [-0.15, -0.1) is 0 Å². The van der Waals surface area contributed by atoms with Crippen molar-refractivity contribution in [3.05, 3.63) is 46.2 Å². The van der Waals surface area contributed by atoms with Crippen molar-refractivity contribution < 1.29 is 0 Å². The Morgan fingerprint density at radius 1 is 1.35 bits per heavy atom. The van der Waals surface area contributed by atoms with Crippen molar-refractivity contribution in [2.45, 2.75) is 19.9 Å². The van der Waals surface area contributed by atoms with Gasteiger partial charge in [-0.05, 0) is 37.6 Å². The number of hydrogen-bond acceptors (Lipinski definition) is 2. The van der Waals surface area contributed by atoms with Crippen LogP contribution in [0.5, 0.6) is 0 Å². The third-order valence-electron chi connectivity index (χ3n) is 3.25. The monoisotopic (exact) mass is 247 g/mol. The molecular formula is C13H14ClN3. The lowest BCUT2D eigenvalue weighted by Crippen LogP contribution is -2.23. The maximum atomic E-state index is 6.22. The number of halogens is 1.